The van der Waals surface area contributed by atoms with Crippen molar-refractivity contribution >= 4 is 11.6 Å². The predicted octanol–water partition coefficient (Wildman–Crippen LogP) is 1.80. The Bertz CT molecular complexity index is 338. The molecule has 1 heterocycles. The maximum atomic E-state index is 6.37. The highest BCUT2D eigenvalue weighted by Gasteiger charge is 2.27. The summed E-state index contributed by atoms with van der Waals surface area (Å²) in [5, 5.41) is 4.36. The second-order valence-electron chi connectivity index (χ2n) is 4.58. The molecule has 90 valence electrons. The van der Waals surface area contributed by atoms with Crippen LogP contribution >= 0.6 is 11.6 Å². The zero-order valence-corrected chi connectivity index (χ0v) is 10.7. The van der Waals surface area contributed by atoms with Gasteiger partial charge in [0.15, 0.2) is 0 Å². The van der Waals surface area contributed by atoms with Gasteiger partial charge in [-0.25, -0.2) is 4.98 Å². The molecule has 1 aliphatic rings. The van der Waals surface area contributed by atoms with Crippen molar-refractivity contribution in [1.82, 2.24) is 19.7 Å². The van der Waals surface area contributed by atoms with E-state index in [2.05, 4.69) is 22.0 Å². The predicted molar refractivity (Wildman–Crippen MR) is 64.4 cm³/mol. The molecule has 1 aromatic heterocycles. The standard InChI is InChI=1S/C11H19ClN4/c1-15(7-11-13-8-14-16(11)2)10-6-4-3-5-9(10)12/h8-10H,3-7H2,1-2H3. The number of hydrogen-bond donors (Lipinski definition) is 0. The molecule has 0 bridgehead atoms. The lowest BCUT2D eigenvalue weighted by molar-refractivity contribution is 0.182. The number of rotatable bonds is 3. The highest BCUT2D eigenvalue weighted by Crippen LogP contribution is 2.27. The summed E-state index contributed by atoms with van der Waals surface area (Å²) in [7, 11) is 4.05. The first kappa shape index (κ1) is 11.9. The minimum atomic E-state index is 0.284. The molecule has 2 unspecified atom stereocenters. The molecule has 2 atom stereocenters. The van der Waals surface area contributed by atoms with Gasteiger partial charge in [-0.05, 0) is 19.9 Å². The summed E-state index contributed by atoms with van der Waals surface area (Å²) in [5.41, 5.74) is 0. The molecule has 0 radical (unpaired) electrons. The molecular weight excluding hydrogens is 224 g/mol. The summed E-state index contributed by atoms with van der Waals surface area (Å²) in [6, 6.07) is 0.479. The fourth-order valence-corrected chi connectivity index (χ4v) is 2.84. The fraction of sp³-hybridized carbons (Fsp3) is 0.818. The molecule has 1 saturated carbocycles. The van der Waals surface area contributed by atoms with Crippen LogP contribution in [0.25, 0.3) is 0 Å². The molecule has 16 heavy (non-hydrogen) atoms. The first-order valence-corrected chi connectivity index (χ1v) is 6.29. The Balaban J connectivity index is 1.96. The molecule has 2 rings (SSSR count). The SMILES string of the molecule is CN(Cc1ncnn1C)C1CCCCC1Cl. The van der Waals surface area contributed by atoms with Gasteiger partial charge in [-0.15, -0.1) is 11.6 Å². The summed E-state index contributed by atoms with van der Waals surface area (Å²) in [5.74, 6) is 0.997. The number of aromatic nitrogens is 3. The monoisotopic (exact) mass is 242 g/mol. The molecule has 0 N–H and O–H groups in total. The Hall–Kier alpha value is -0.610. The third-order valence-corrected chi connectivity index (χ3v) is 3.92. The van der Waals surface area contributed by atoms with Gasteiger partial charge in [0.05, 0.1) is 6.54 Å². The van der Waals surface area contributed by atoms with Crippen molar-refractivity contribution in [3.8, 4) is 0 Å². The van der Waals surface area contributed by atoms with Crippen LogP contribution in [-0.2, 0) is 13.6 Å². The van der Waals surface area contributed by atoms with E-state index in [0.717, 1.165) is 18.8 Å². The lowest BCUT2D eigenvalue weighted by atomic mass is 9.94. The van der Waals surface area contributed by atoms with E-state index in [9.17, 15) is 0 Å². The summed E-state index contributed by atoms with van der Waals surface area (Å²) >= 11 is 6.37. The van der Waals surface area contributed by atoms with Gasteiger partial charge in [0.1, 0.15) is 12.2 Å². The van der Waals surface area contributed by atoms with Crippen molar-refractivity contribution in [3.05, 3.63) is 12.2 Å². The van der Waals surface area contributed by atoms with E-state index in [1.165, 1.54) is 19.3 Å². The normalized spacial score (nSPS) is 26.2. The lowest BCUT2D eigenvalue weighted by Crippen LogP contribution is -2.40. The topological polar surface area (TPSA) is 34.0 Å². The summed E-state index contributed by atoms with van der Waals surface area (Å²) in [6.45, 7) is 0.824. The third kappa shape index (κ3) is 2.55. The number of nitrogens with zero attached hydrogens (tertiary/aromatic N) is 4. The summed E-state index contributed by atoms with van der Waals surface area (Å²) < 4.78 is 1.82. The highest BCUT2D eigenvalue weighted by atomic mass is 35.5. The number of aryl methyl sites for hydroxylation is 1. The lowest BCUT2D eigenvalue weighted by Gasteiger charge is -2.34. The van der Waals surface area contributed by atoms with Crippen molar-refractivity contribution in [2.24, 2.45) is 7.05 Å². The largest absolute Gasteiger partial charge is 0.295 e. The second-order valence-corrected chi connectivity index (χ2v) is 5.14. The van der Waals surface area contributed by atoms with Crippen molar-refractivity contribution in [2.75, 3.05) is 7.05 Å². The summed E-state index contributed by atoms with van der Waals surface area (Å²) in [6.07, 6.45) is 6.49. The molecule has 5 heteroatoms. The minimum absolute atomic E-state index is 0.284. The highest BCUT2D eigenvalue weighted by molar-refractivity contribution is 6.21. The molecule has 1 fully saturated rings. The molecule has 1 aliphatic carbocycles. The van der Waals surface area contributed by atoms with Gasteiger partial charge < -0.3 is 0 Å². The Morgan fingerprint density at radius 2 is 2.25 bits per heavy atom. The fourth-order valence-electron chi connectivity index (χ4n) is 2.37. The Labute approximate surface area is 102 Å². The van der Waals surface area contributed by atoms with Gasteiger partial charge in [-0.2, -0.15) is 5.10 Å². The molecule has 0 aromatic carbocycles. The van der Waals surface area contributed by atoms with Gasteiger partial charge in [0.2, 0.25) is 0 Å². The van der Waals surface area contributed by atoms with E-state index in [0.29, 0.717) is 6.04 Å². The van der Waals surface area contributed by atoms with Crippen LogP contribution in [0.3, 0.4) is 0 Å². The smallest absolute Gasteiger partial charge is 0.140 e. The van der Waals surface area contributed by atoms with Crippen molar-refractivity contribution < 1.29 is 0 Å². The van der Waals surface area contributed by atoms with E-state index >= 15 is 0 Å². The average molecular weight is 243 g/mol. The first-order valence-electron chi connectivity index (χ1n) is 5.85. The van der Waals surface area contributed by atoms with E-state index in [1.807, 2.05) is 11.7 Å². The number of alkyl halides is 1. The van der Waals surface area contributed by atoms with Crippen LogP contribution in [0.5, 0.6) is 0 Å². The Kier molecular flexibility index (Phi) is 3.82. The first-order chi connectivity index (χ1) is 7.68. The van der Waals surface area contributed by atoms with Gasteiger partial charge in [0.25, 0.3) is 0 Å². The van der Waals surface area contributed by atoms with Gasteiger partial charge in [-0.3, -0.25) is 9.58 Å². The van der Waals surface area contributed by atoms with Crippen molar-refractivity contribution in [2.45, 2.75) is 43.6 Å². The molecular formula is C11H19ClN4. The molecule has 0 spiro atoms. The molecule has 0 amide bonds. The van der Waals surface area contributed by atoms with E-state index in [4.69, 9.17) is 11.6 Å². The van der Waals surface area contributed by atoms with Crippen LogP contribution in [0.15, 0.2) is 6.33 Å². The number of halogens is 1. The average Bonchev–Trinajstić information content (AvgIpc) is 2.65. The Morgan fingerprint density at radius 3 is 2.88 bits per heavy atom. The van der Waals surface area contributed by atoms with E-state index in [1.54, 1.807) is 6.33 Å². The van der Waals surface area contributed by atoms with Crippen LogP contribution in [0.1, 0.15) is 31.5 Å². The number of hydrogen-bond acceptors (Lipinski definition) is 3. The summed E-state index contributed by atoms with van der Waals surface area (Å²) in [4.78, 5) is 6.55. The third-order valence-electron chi connectivity index (χ3n) is 3.41. The maximum absolute atomic E-state index is 6.37. The minimum Gasteiger partial charge on any atom is -0.295 e. The van der Waals surface area contributed by atoms with E-state index in [-0.39, 0.29) is 5.38 Å². The molecule has 1 aromatic rings. The maximum Gasteiger partial charge on any atom is 0.140 e. The van der Waals surface area contributed by atoms with E-state index < -0.39 is 0 Å². The van der Waals surface area contributed by atoms with Crippen LogP contribution in [0.4, 0.5) is 0 Å². The second kappa shape index (κ2) is 5.15. The zero-order valence-electron chi connectivity index (χ0n) is 9.93. The molecule has 0 saturated heterocycles. The van der Waals surface area contributed by atoms with Crippen molar-refractivity contribution in [3.63, 3.8) is 0 Å². The van der Waals surface area contributed by atoms with Crippen LogP contribution < -0.4 is 0 Å². The molecule has 4 nitrogen and oxygen atoms in total. The van der Waals surface area contributed by atoms with Crippen LogP contribution in [0.2, 0.25) is 0 Å². The van der Waals surface area contributed by atoms with Crippen molar-refractivity contribution in [1.29, 1.82) is 0 Å². The van der Waals surface area contributed by atoms with Crippen LogP contribution in [0, 0.1) is 0 Å². The van der Waals surface area contributed by atoms with Gasteiger partial charge in [-0.1, -0.05) is 12.8 Å². The molecule has 0 aliphatic heterocycles. The van der Waals surface area contributed by atoms with Gasteiger partial charge in [0, 0.05) is 18.5 Å². The van der Waals surface area contributed by atoms with Crippen LogP contribution in [-0.4, -0.2) is 38.1 Å². The zero-order chi connectivity index (χ0) is 11.5. The quantitative estimate of drug-likeness (QED) is 0.758. The van der Waals surface area contributed by atoms with Gasteiger partial charge >= 0.3 is 0 Å². The Morgan fingerprint density at radius 1 is 1.50 bits per heavy atom.